The topological polar surface area (TPSA) is 44.4 Å². The maximum atomic E-state index is 12.3. The number of hydrogen-bond donors (Lipinski definition) is 2. The molecule has 0 unspecified atom stereocenters. The summed E-state index contributed by atoms with van der Waals surface area (Å²) < 4.78 is 0. The van der Waals surface area contributed by atoms with Crippen LogP contribution in [0.15, 0.2) is 66.0 Å². The third-order valence-electron chi connectivity index (χ3n) is 3.94. The molecule has 0 saturated carbocycles. The van der Waals surface area contributed by atoms with Gasteiger partial charge in [0.25, 0.3) is 0 Å². The van der Waals surface area contributed by atoms with Gasteiger partial charge in [0.1, 0.15) is 0 Å². The summed E-state index contributed by atoms with van der Waals surface area (Å²) in [5.41, 5.74) is 4.18. The van der Waals surface area contributed by atoms with Gasteiger partial charge in [-0.25, -0.2) is 4.79 Å². The van der Waals surface area contributed by atoms with Crippen molar-refractivity contribution in [3.8, 4) is 10.4 Å². The molecular weight excluding hydrogens is 342 g/mol. The van der Waals surface area contributed by atoms with Crippen LogP contribution in [-0.2, 0) is 13.1 Å². The Kier molecular flexibility index (Phi) is 6.04. The van der Waals surface area contributed by atoms with E-state index in [1.807, 2.05) is 49.8 Å². The lowest BCUT2D eigenvalue weighted by Gasteiger charge is -2.12. The van der Waals surface area contributed by atoms with Gasteiger partial charge in [-0.15, -0.1) is 11.3 Å². The Morgan fingerprint density at radius 1 is 0.962 bits per heavy atom. The summed E-state index contributed by atoms with van der Waals surface area (Å²) in [4.78, 5) is 15.6. The predicted octanol–water partition coefficient (Wildman–Crippen LogP) is 4.80. The van der Waals surface area contributed by atoms with E-state index in [0.717, 1.165) is 28.2 Å². The molecular formula is C21H23N3OS. The van der Waals surface area contributed by atoms with Gasteiger partial charge in [0.2, 0.25) is 0 Å². The van der Waals surface area contributed by atoms with Crippen LogP contribution in [0.4, 0.5) is 10.5 Å². The molecule has 0 atom stereocenters. The van der Waals surface area contributed by atoms with Crippen LogP contribution in [0.1, 0.15) is 11.1 Å². The van der Waals surface area contributed by atoms with E-state index < -0.39 is 0 Å². The van der Waals surface area contributed by atoms with Gasteiger partial charge >= 0.3 is 6.03 Å². The zero-order chi connectivity index (χ0) is 18.4. The fourth-order valence-electron chi connectivity index (χ4n) is 2.72. The molecule has 0 radical (unpaired) electrons. The Bertz CT molecular complexity index is 842. The first-order chi connectivity index (χ1) is 12.6. The number of nitrogens with one attached hydrogen (secondary N) is 2. The minimum absolute atomic E-state index is 0.202. The second-order valence-electron chi connectivity index (χ2n) is 6.38. The van der Waals surface area contributed by atoms with E-state index in [9.17, 15) is 4.79 Å². The van der Waals surface area contributed by atoms with Gasteiger partial charge in [0, 0.05) is 23.5 Å². The number of benzene rings is 2. The van der Waals surface area contributed by atoms with Crippen LogP contribution in [0.25, 0.3) is 10.4 Å². The highest BCUT2D eigenvalue weighted by Gasteiger charge is 2.08. The number of nitrogens with zero attached hydrogens (tertiary/aromatic N) is 1. The van der Waals surface area contributed by atoms with Crippen molar-refractivity contribution >= 4 is 23.1 Å². The molecule has 26 heavy (non-hydrogen) atoms. The van der Waals surface area contributed by atoms with Crippen molar-refractivity contribution in [2.24, 2.45) is 0 Å². The largest absolute Gasteiger partial charge is 0.334 e. The quantitative estimate of drug-likeness (QED) is 0.659. The van der Waals surface area contributed by atoms with Crippen molar-refractivity contribution in [3.05, 3.63) is 77.2 Å². The van der Waals surface area contributed by atoms with Gasteiger partial charge in [-0.05, 0) is 42.7 Å². The summed E-state index contributed by atoms with van der Waals surface area (Å²) in [6.07, 6.45) is 0. The van der Waals surface area contributed by atoms with Crippen LogP contribution in [0, 0.1) is 0 Å². The minimum Gasteiger partial charge on any atom is -0.334 e. The maximum absolute atomic E-state index is 12.3. The summed E-state index contributed by atoms with van der Waals surface area (Å²) in [6, 6.07) is 20.0. The van der Waals surface area contributed by atoms with Crippen LogP contribution < -0.4 is 10.6 Å². The van der Waals surface area contributed by atoms with E-state index >= 15 is 0 Å². The second kappa shape index (κ2) is 8.65. The molecule has 0 aliphatic rings. The molecule has 2 amide bonds. The van der Waals surface area contributed by atoms with E-state index in [1.54, 1.807) is 11.3 Å². The number of anilines is 1. The van der Waals surface area contributed by atoms with Crippen molar-refractivity contribution in [1.82, 2.24) is 10.2 Å². The number of carbonyl (C=O) groups is 1. The Labute approximate surface area is 158 Å². The van der Waals surface area contributed by atoms with E-state index in [-0.39, 0.29) is 6.03 Å². The molecule has 5 heteroatoms. The summed E-state index contributed by atoms with van der Waals surface area (Å²) >= 11 is 1.66. The Hall–Kier alpha value is -2.63. The molecule has 1 aromatic heterocycles. The maximum Gasteiger partial charge on any atom is 0.319 e. The minimum atomic E-state index is -0.202. The molecule has 0 saturated heterocycles. The molecule has 2 aromatic carbocycles. The first-order valence-corrected chi connectivity index (χ1v) is 9.40. The van der Waals surface area contributed by atoms with Crippen LogP contribution in [0.3, 0.4) is 0 Å². The normalized spacial score (nSPS) is 10.7. The van der Waals surface area contributed by atoms with Crippen molar-refractivity contribution in [1.29, 1.82) is 0 Å². The van der Waals surface area contributed by atoms with E-state index in [4.69, 9.17) is 0 Å². The highest BCUT2D eigenvalue weighted by atomic mass is 32.1. The third kappa shape index (κ3) is 4.94. The summed E-state index contributed by atoms with van der Waals surface area (Å²) in [7, 11) is 4.10. The van der Waals surface area contributed by atoms with E-state index in [2.05, 4.69) is 45.9 Å². The van der Waals surface area contributed by atoms with Gasteiger partial charge < -0.3 is 15.5 Å². The number of hydrogen-bond acceptors (Lipinski definition) is 3. The number of thiophene rings is 1. The molecule has 1 heterocycles. The first kappa shape index (κ1) is 18.2. The number of amides is 2. The number of carbonyl (C=O) groups excluding carboxylic acids is 1. The Morgan fingerprint density at radius 2 is 1.69 bits per heavy atom. The summed E-state index contributed by atoms with van der Waals surface area (Å²) in [5.74, 6) is 0. The molecule has 134 valence electrons. The first-order valence-electron chi connectivity index (χ1n) is 8.52. The average molecular weight is 366 g/mol. The zero-order valence-electron chi connectivity index (χ0n) is 15.0. The van der Waals surface area contributed by atoms with Crippen LogP contribution in [-0.4, -0.2) is 25.0 Å². The summed E-state index contributed by atoms with van der Waals surface area (Å²) in [6.45, 7) is 1.41. The fraction of sp³-hybridized carbons (Fsp3) is 0.190. The zero-order valence-corrected chi connectivity index (χ0v) is 15.8. The predicted molar refractivity (Wildman–Crippen MR) is 109 cm³/mol. The van der Waals surface area contributed by atoms with Crippen LogP contribution in [0.5, 0.6) is 0 Å². The Morgan fingerprint density at radius 3 is 2.38 bits per heavy atom. The second-order valence-corrected chi connectivity index (χ2v) is 7.33. The number of para-hydroxylation sites is 1. The van der Waals surface area contributed by atoms with Crippen molar-refractivity contribution in [3.63, 3.8) is 0 Å². The molecule has 4 nitrogen and oxygen atoms in total. The Balaban J connectivity index is 1.58. The van der Waals surface area contributed by atoms with Gasteiger partial charge in [-0.3, -0.25) is 0 Å². The number of urea groups is 1. The molecule has 2 N–H and O–H groups in total. The molecule has 0 fully saturated rings. The molecule has 0 aliphatic heterocycles. The van der Waals surface area contributed by atoms with Crippen molar-refractivity contribution < 1.29 is 4.79 Å². The smallest absolute Gasteiger partial charge is 0.319 e. The van der Waals surface area contributed by atoms with Crippen LogP contribution in [0.2, 0.25) is 0 Å². The molecule has 0 spiro atoms. The molecule has 0 bridgehead atoms. The summed E-state index contributed by atoms with van der Waals surface area (Å²) in [5, 5.41) is 7.91. The van der Waals surface area contributed by atoms with Crippen molar-refractivity contribution in [2.75, 3.05) is 19.4 Å². The monoisotopic (exact) mass is 365 g/mol. The molecule has 3 rings (SSSR count). The highest BCUT2D eigenvalue weighted by molar-refractivity contribution is 7.13. The SMILES string of the molecule is CN(C)Cc1ccc(CNC(=O)Nc2ccccc2-c2cccs2)cc1. The third-order valence-corrected chi connectivity index (χ3v) is 4.84. The van der Waals surface area contributed by atoms with Crippen LogP contribution >= 0.6 is 11.3 Å². The molecule has 3 aromatic rings. The van der Waals surface area contributed by atoms with Gasteiger partial charge in [-0.1, -0.05) is 48.5 Å². The lowest BCUT2D eigenvalue weighted by Crippen LogP contribution is -2.28. The van der Waals surface area contributed by atoms with Gasteiger partial charge in [0.05, 0.1) is 5.69 Å². The van der Waals surface area contributed by atoms with Crippen molar-refractivity contribution in [2.45, 2.75) is 13.1 Å². The standard InChI is InChI=1S/C21H23N3OS/c1-24(2)15-17-11-9-16(10-12-17)14-22-21(25)23-19-7-4-3-6-18(19)20-8-5-13-26-20/h3-13H,14-15H2,1-2H3,(H2,22,23,25). The van der Waals surface area contributed by atoms with Gasteiger partial charge in [0.15, 0.2) is 0 Å². The lowest BCUT2D eigenvalue weighted by atomic mass is 10.1. The fourth-order valence-corrected chi connectivity index (χ4v) is 3.48. The van der Waals surface area contributed by atoms with E-state index in [0.29, 0.717) is 6.54 Å². The lowest BCUT2D eigenvalue weighted by molar-refractivity contribution is 0.252. The van der Waals surface area contributed by atoms with Gasteiger partial charge in [-0.2, -0.15) is 0 Å². The number of rotatable bonds is 6. The van der Waals surface area contributed by atoms with E-state index in [1.165, 1.54) is 5.56 Å². The molecule has 0 aliphatic carbocycles. The highest BCUT2D eigenvalue weighted by Crippen LogP contribution is 2.31. The average Bonchev–Trinajstić information content (AvgIpc) is 3.16.